The molecule has 1 fully saturated rings. The van der Waals surface area contributed by atoms with Crippen molar-refractivity contribution in [2.24, 2.45) is 11.7 Å². The average Bonchev–Trinajstić information content (AvgIpc) is 2.42. The van der Waals surface area contributed by atoms with Crippen LogP contribution < -0.4 is 5.73 Å². The highest BCUT2D eigenvalue weighted by atomic mass is 35.5. The molecule has 0 spiro atoms. The van der Waals surface area contributed by atoms with Crippen LogP contribution in [0.3, 0.4) is 0 Å². The van der Waals surface area contributed by atoms with Gasteiger partial charge in [-0.15, -0.1) is 12.4 Å². The van der Waals surface area contributed by atoms with E-state index in [0.29, 0.717) is 19.6 Å². The van der Waals surface area contributed by atoms with Crippen LogP contribution in [0.1, 0.15) is 19.3 Å². The minimum atomic E-state index is -3.77. The lowest BCUT2D eigenvalue weighted by atomic mass is 9.96. The van der Waals surface area contributed by atoms with Gasteiger partial charge in [0.05, 0.1) is 4.90 Å². The van der Waals surface area contributed by atoms with Crippen molar-refractivity contribution in [2.75, 3.05) is 19.6 Å². The van der Waals surface area contributed by atoms with Gasteiger partial charge >= 0.3 is 0 Å². The van der Waals surface area contributed by atoms with Crippen molar-refractivity contribution in [3.8, 4) is 0 Å². The van der Waals surface area contributed by atoms with Gasteiger partial charge in [0.1, 0.15) is 0 Å². The Balaban J connectivity index is 0.00000220. The van der Waals surface area contributed by atoms with Crippen molar-refractivity contribution in [2.45, 2.75) is 24.2 Å². The summed E-state index contributed by atoms with van der Waals surface area (Å²) in [6, 6.07) is 2.67. The summed E-state index contributed by atoms with van der Waals surface area (Å²) in [5, 5.41) is 0. The molecule has 1 aromatic carbocycles. The van der Waals surface area contributed by atoms with Crippen molar-refractivity contribution < 1.29 is 17.2 Å². The maximum Gasteiger partial charge on any atom is 0.243 e. The van der Waals surface area contributed by atoms with Gasteiger partial charge in [-0.25, -0.2) is 17.2 Å². The summed E-state index contributed by atoms with van der Waals surface area (Å²) in [7, 11) is -3.77. The summed E-state index contributed by atoms with van der Waals surface area (Å²) >= 11 is 0. The number of halogens is 3. The summed E-state index contributed by atoms with van der Waals surface area (Å²) < 4.78 is 52.2. The van der Waals surface area contributed by atoms with Gasteiger partial charge in [0.25, 0.3) is 0 Å². The zero-order valence-electron chi connectivity index (χ0n) is 11.5. The smallest absolute Gasteiger partial charge is 0.243 e. The first kappa shape index (κ1) is 18.3. The second kappa shape index (κ2) is 7.49. The topological polar surface area (TPSA) is 63.4 Å². The van der Waals surface area contributed by atoms with Crippen molar-refractivity contribution in [3.63, 3.8) is 0 Å². The highest BCUT2D eigenvalue weighted by Crippen LogP contribution is 2.25. The zero-order valence-corrected chi connectivity index (χ0v) is 13.1. The molecule has 8 heteroatoms. The average molecular weight is 341 g/mol. The van der Waals surface area contributed by atoms with E-state index in [-0.39, 0.29) is 23.2 Å². The van der Waals surface area contributed by atoms with Crippen LogP contribution in [-0.4, -0.2) is 32.4 Å². The van der Waals surface area contributed by atoms with Gasteiger partial charge in [-0.1, -0.05) is 0 Å². The van der Waals surface area contributed by atoms with E-state index in [1.807, 2.05) is 0 Å². The molecule has 0 bridgehead atoms. The molecule has 1 saturated heterocycles. The van der Waals surface area contributed by atoms with Crippen LogP contribution in [0.4, 0.5) is 8.78 Å². The second-order valence-corrected chi connectivity index (χ2v) is 6.96. The number of nitrogens with two attached hydrogens (primary N) is 1. The van der Waals surface area contributed by atoms with E-state index in [1.165, 1.54) is 4.31 Å². The summed E-state index contributed by atoms with van der Waals surface area (Å²) in [4.78, 5) is -0.204. The van der Waals surface area contributed by atoms with Crippen LogP contribution in [0.25, 0.3) is 0 Å². The first-order valence-electron chi connectivity index (χ1n) is 6.60. The number of sulfonamides is 1. The highest BCUT2D eigenvalue weighted by Gasteiger charge is 2.30. The fraction of sp³-hybridized carbons (Fsp3) is 0.538. The fourth-order valence-electron chi connectivity index (χ4n) is 2.50. The Hall–Kier alpha value is -0.760. The van der Waals surface area contributed by atoms with Crippen molar-refractivity contribution >= 4 is 22.4 Å². The second-order valence-electron chi connectivity index (χ2n) is 5.02. The van der Waals surface area contributed by atoms with E-state index < -0.39 is 21.7 Å². The highest BCUT2D eigenvalue weighted by molar-refractivity contribution is 7.89. The third kappa shape index (κ3) is 4.12. The van der Waals surface area contributed by atoms with Crippen LogP contribution in [0.2, 0.25) is 0 Å². The standard InChI is InChI=1S/C13H18F2N2O2S.ClH/c14-12-4-3-11(8-13(12)15)20(18,19)17-7-1-2-10(9-17)5-6-16;/h3-4,8,10H,1-2,5-7,9,16H2;1H. The van der Waals surface area contributed by atoms with E-state index in [4.69, 9.17) is 5.73 Å². The van der Waals surface area contributed by atoms with Gasteiger partial charge in [-0.05, 0) is 49.9 Å². The predicted octanol–water partition coefficient (Wildman–Crippen LogP) is 2.14. The predicted molar refractivity (Wildman–Crippen MR) is 78.8 cm³/mol. The van der Waals surface area contributed by atoms with Crippen LogP contribution in [-0.2, 0) is 10.0 Å². The number of nitrogens with zero attached hydrogens (tertiary/aromatic N) is 1. The molecule has 0 radical (unpaired) electrons. The SMILES string of the molecule is Cl.NCCC1CCCN(S(=O)(=O)c2ccc(F)c(F)c2)C1. The maximum atomic E-state index is 13.2. The van der Waals surface area contributed by atoms with Gasteiger partial charge in [0.2, 0.25) is 10.0 Å². The molecule has 0 aromatic heterocycles. The summed E-state index contributed by atoms with van der Waals surface area (Å²) in [5.41, 5.74) is 5.50. The molecule has 1 aromatic rings. The molecular formula is C13H19ClF2N2O2S. The Bertz CT molecular complexity index is 582. The quantitative estimate of drug-likeness (QED) is 0.913. The van der Waals surface area contributed by atoms with Gasteiger partial charge in [0.15, 0.2) is 11.6 Å². The third-order valence-corrected chi connectivity index (χ3v) is 5.45. The Labute approximate surface area is 129 Å². The molecule has 120 valence electrons. The lowest BCUT2D eigenvalue weighted by Gasteiger charge is -2.31. The first-order valence-corrected chi connectivity index (χ1v) is 8.04. The molecule has 1 aliphatic heterocycles. The van der Waals surface area contributed by atoms with Crippen molar-refractivity contribution in [1.82, 2.24) is 4.31 Å². The molecule has 1 aliphatic rings. The number of benzene rings is 1. The Morgan fingerprint density at radius 1 is 1.29 bits per heavy atom. The number of hydrogen-bond donors (Lipinski definition) is 1. The molecule has 0 aliphatic carbocycles. The van der Waals surface area contributed by atoms with Crippen LogP contribution in [0.15, 0.2) is 23.1 Å². The van der Waals surface area contributed by atoms with Crippen molar-refractivity contribution in [3.05, 3.63) is 29.8 Å². The molecule has 1 atom stereocenters. The van der Waals surface area contributed by atoms with E-state index in [9.17, 15) is 17.2 Å². The molecule has 0 saturated carbocycles. The van der Waals surface area contributed by atoms with Crippen molar-refractivity contribution in [1.29, 1.82) is 0 Å². The monoisotopic (exact) mass is 340 g/mol. The summed E-state index contributed by atoms with van der Waals surface area (Å²) in [6.45, 7) is 1.31. The Kier molecular flexibility index (Phi) is 6.52. The van der Waals surface area contributed by atoms with Crippen LogP contribution in [0, 0.1) is 17.6 Å². The molecule has 1 unspecified atom stereocenters. The summed E-state index contributed by atoms with van der Waals surface area (Å²) in [5.74, 6) is -1.97. The molecule has 0 amide bonds. The van der Waals surface area contributed by atoms with E-state index in [2.05, 4.69) is 0 Å². The largest absolute Gasteiger partial charge is 0.330 e. The van der Waals surface area contributed by atoms with Gasteiger partial charge < -0.3 is 5.73 Å². The molecule has 2 N–H and O–H groups in total. The fourth-order valence-corrected chi connectivity index (χ4v) is 4.07. The van der Waals surface area contributed by atoms with Gasteiger partial charge in [-0.3, -0.25) is 0 Å². The lowest BCUT2D eigenvalue weighted by Crippen LogP contribution is -2.40. The Morgan fingerprint density at radius 2 is 2.00 bits per heavy atom. The minimum absolute atomic E-state index is 0. The lowest BCUT2D eigenvalue weighted by molar-refractivity contribution is 0.258. The molecular weight excluding hydrogens is 322 g/mol. The molecule has 1 heterocycles. The minimum Gasteiger partial charge on any atom is -0.330 e. The number of rotatable bonds is 4. The van der Waals surface area contributed by atoms with E-state index in [0.717, 1.165) is 37.5 Å². The van der Waals surface area contributed by atoms with Crippen LogP contribution >= 0.6 is 12.4 Å². The Morgan fingerprint density at radius 3 is 2.62 bits per heavy atom. The van der Waals surface area contributed by atoms with E-state index >= 15 is 0 Å². The summed E-state index contributed by atoms with van der Waals surface area (Å²) in [6.07, 6.45) is 2.47. The maximum absolute atomic E-state index is 13.2. The molecule has 2 rings (SSSR count). The number of hydrogen-bond acceptors (Lipinski definition) is 3. The van der Waals surface area contributed by atoms with Crippen LogP contribution in [0.5, 0.6) is 0 Å². The number of piperidine rings is 1. The molecule has 4 nitrogen and oxygen atoms in total. The van der Waals surface area contributed by atoms with Gasteiger partial charge in [0, 0.05) is 13.1 Å². The normalized spacial score (nSPS) is 20.0. The zero-order chi connectivity index (χ0) is 14.8. The third-order valence-electron chi connectivity index (χ3n) is 3.59. The molecule has 21 heavy (non-hydrogen) atoms. The van der Waals surface area contributed by atoms with E-state index in [1.54, 1.807) is 0 Å². The first-order chi connectivity index (χ1) is 9.45. The van der Waals surface area contributed by atoms with Gasteiger partial charge in [-0.2, -0.15) is 4.31 Å².